The van der Waals surface area contributed by atoms with Crippen LogP contribution in [0.4, 0.5) is 0 Å². The van der Waals surface area contributed by atoms with Gasteiger partial charge in [-0.05, 0) is 49.1 Å². The number of pyridine rings is 2. The molecule has 0 radical (unpaired) electrons. The van der Waals surface area contributed by atoms with Crippen LogP contribution < -0.4 is 5.32 Å². The molecule has 3 rings (SSSR count). The number of nitrogens with one attached hydrogen (secondary N) is 1. The van der Waals surface area contributed by atoms with Crippen molar-refractivity contribution in [1.82, 2.24) is 20.2 Å². The van der Waals surface area contributed by atoms with E-state index in [1.807, 2.05) is 24.5 Å². The second-order valence-corrected chi connectivity index (χ2v) is 6.62. The molecule has 7 nitrogen and oxygen atoms in total. The lowest BCUT2D eigenvalue weighted by atomic mass is 10.0. The second-order valence-electron chi connectivity index (χ2n) is 6.62. The van der Waals surface area contributed by atoms with E-state index in [-0.39, 0.29) is 17.6 Å². The maximum Gasteiger partial charge on any atom is 0.356 e. The molecule has 2 aromatic rings. The van der Waals surface area contributed by atoms with Crippen LogP contribution in [0, 0.1) is 0 Å². The zero-order valence-corrected chi connectivity index (χ0v) is 15.4. The van der Waals surface area contributed by atoms with Gasteiger partial charge in [0.2, 0.25) is 0 Å². The van der Waals surface area contributed by atoms with Crippen LogP contribution in [-0.2, 0) is 11.2 Å². The molecule has 7 heteroatoms. The maximum atomic E-state index is 12.4. The Bertz CT molecular complexity index is 757. The number of carbonyl (C=O) groups excluding carboxylic acids is 2. The molecule has 0 aromatic carbocycles. The predicted octanol–water partition coefficient (Wildman–Crippen LogP) is 1.70. The van der Waals surface area contributed by atoms with Crippen molar-refractivity contribution < 1.29 is 14.3 Å². The fourth-order valence-corrected chi connectivity index (χ4v) is 3.16. The number of likely N-dealkylation sites (tertiary alicyclic amines) is 1. The third-order valence-electron chi connectivity index (χ3n) is 4.81. The molecule has 1 N–H and O–H groups in total. The van der Waals surface area contributed by atoms with Gasteiger partial charge in [-0.25, -0.2) is 9.78 Å². The summed E-state index contributed by atoms with van der Waals surface area (Å²) in [6.45, 7) is 2.95. The molecule has 0 spiro atoms. The Balaban J connectivity index is 1.43. The van der Waals surface area contributed by atoms with E-state index >= 15 is 0 Å². The Kier molecular flexibility index (Phi) is 6.49. The molecule has 1 amide bonds. The number of nitrogens with zero attached hydrogens (tertiary/aromatic N) is 3. The van der Waals surface area contributed by atoms with Crippen molar-refractivity contribution in [1.29, 1.82) is 0 Å². The summed E-state index contributed by atoms with van der Waals surface area (Å²) < 4.78 is 4.61. The minimum absolute atomic E-state index is 0.158. The minimum atomic E-state index is -0.513. The molecule has 3 heterocycles. The van der Waals surface area contributed by atoms with Crippen LogP contribution in [0.3, 0.4) is 0 Å². The molecular formula is C20H24N4O3. The average molecular weight is 368 g/mol. The molecule has 1 aliphatic rings. The van der Waals surface area contributed by atoms with Crippen LogP contribution >= 0.6 is 0 Å². The Morgan fingerprint density at radius 1 is 1.19 bits per heavy atom. The van der Waals surface area contributed by atoms with Crippen LogP contribution in [0.15, 0.2) is 42.9 Å². The molecule has 0 atom stereocenters. The van der Waals surface area contributed by atoms with Crippen LogP contribution in [0.2, 0.25) is 0 Å². The number of amides is 1. The first kappa shape index (κ1) is 19.0. The van der Waals surface area contributed by atoms with Gasteiger partial charge in [0.1, 0.15) is 5.69 Å². The SMILES string of the molecule is COC(=O)c1ccc(C(=O)NC2CCN(CCc3ccncc3)CC2)cn1. The maximum absolute atomic E-state index is 12.4. The van der Waals surface area contributed by atoms with Gasteiger partial charge < -0.3 is 15.0 Å². The van der Waals surface area contributed by atoms with Crippen molar-refractivity contribution in [3.8, 4) is 0 Å². The number of ether oxygens (including phenoxy) is 1. The highest BCUT2D eigenvalue weighted by atomic mass is 16.5. The topological polar surface area (TPSA) is 84.4 Å². The van der Waals surface area contributed by atoms with E-state index in [2.05, 4.69) is 24.9 Å². The zero-order valence-electron chi connectivity index (χ0n) is 15.4. The smallest absolute Gasteiger partial charge is 0.356 e. The largest absolute Gasteiger partial charge is 0.464 e. The molecule has 0 unspecified atom stereocenters. The third-order valence-corrected chi connectivity index (χ3v) is 4.81. The van der Waals surface area contributed by atoms with E-state index in [0.717, 1.165) is 38.9 Å². The van der Waals surface area contributed by atoms with E-state index in [4.69, 9.17) is 0 Å². The van der Waals surface area contributed by atoms with Gasteiger partial charge in [0, 0.05) is 44.3 Å². The number of aromatic nitrogens is 2. The number of piperidine rings is 1. The van der Waals surface area contributed by atoms with E-state index in [9.17, 15) is 9.59 Å². The fourth-order valence-electron chi connectivity index (χ4n) is 3.16. The van der Waals surface area contributed by atoms with Crippen LogP contribution in [0.25, 0.3) is 0 Å². The number of hydrogen-bond acceptors (Lipinski definition) is 6. The van der Waals surface area contributed by atoms with Crippen molar-refractivity contribution in [2.24, 2.45) is 0 Å². The summed E-state index contributed by atoms with van der Waals surface area (Å²) in [4.78, 5) is 34.2. The van der Waals surface area contributed by atoms with E-state index < -0.39 is 5.97 Å². The highest BCUT2D eigenvalue weighted by molar-refractivity contribution is 5.95. The van der Waals surface area contributed by atoms with Gasteiger partial charge in [-0.3, -0.25) is 9.78 Å². The first-order chi connectivity index (χ1) is 13.2. The van der Waals surface area contributed by atoms with Gasteiger partial charge in [0.25, 0.3) is 5.91 Å². The van der Waals surface area contributed by atoms with Gasteiger partial charge >= 0.3 is 5.97 Å². The van der Waals surface area contributed by atoms with Gasteiger partial charge in [0.15, 0.2) is 0 Å². The Labute approximate surface area is 158 Å². The zero-order chi connectivity index (χ0) is 19.1. The number of methoxy groups -OCH3 is 1. The van der Waals surface area contributed by atoms with E-state index in [0.29, 0.717) is 5.56 Å². The van der Waals surface area contributed by atoms with E-state index in [1.165, 1.54) is 24.9 Å². The summed E-state index contributed by atoms with van der Waals surface area (Å²) in [5.41, 5.74) is 1.93. The molecule has 0 saturated carbocycles. The first-order valence-electron chi connectivity index (χ1n) is 9.12. The number of esters is 1. The van der Waals surface area contributed by atoms with E-state index in [1.54, 1.807) is 6.07 Å². The summed E-state index contributed by atoms with van der Waals surface area (Å²) in [5.74, 6) is -0.671. The van der Waals surface area contributed by atoms with Gasteiger partial charge in [-0.15, -0.1) is 0 Å². The average Bonchev–Trinajstić information content (AvgIpc) is 2.73. The molecular weight excluding hydrogens is 344 g/mol. The van der Waals surface area contributed by atoms with Crippen LogP contribution in [0.1, 0.15) is 39.3 Å². The highest BCUT2D eigenvalue weighted by Gasteiger charge is 2.21. The Morgan fingerprint density at radius 3 is 2.56 bits per heavy atom. The van der Waals surface area contributed by atoms with Crippen LogP contribution in [0.5, 0.6) is 0 Å². The number of carbonyl (C=O) groups is 2. The summed E-state index contributed by atoms with van der Waals surface area (Å²) >= 11 is 0. The summed E-state index contributed by atoms with van der Waals surface area (Å²) in [7, 11) is 1.30. The van der Waals surface area contributed by atoms with Crippen molar-refractivity contribution >= 4 is 11.9 Å². The highest BCUT2D eigenvalue weighted by Crippen LogP contribution is 2.12. The van der Waals surface area contributed by atoms with Gasteiger partial charge in [-0.2, -0.15) is 0 Å². The molecule has 0 bridgehead atoms. The number of rotatable bonds is 6. The van der Waals surface area contributed by atoms with Gasteiger partial charge in [-0.1, -0.05) is 0 Å². The molecule has 1 fully saturated rings. The summed E-state index contributed by atoms with van der Waals surface area (Å²) in [5, 5.41) is 3.06. The molecule has 142 valence electrons. The standard InChI is InChI=1S/C20H24N4O3/c1-27-20(26)18-3-2-16(14-22-18)19(25)23-17-7-12-24(13-8-17)11-6-15-4-9-21-10-5-15/h2-5,9-10,14,17H,6-8,11-13H2,1H3,(H,23,25). The van der Waals surface area contributed by atoms with Crippen LogP contribution in [-0.4, -0.2) is 59.5 Å². The first-order valence-corrected chi connectivity index (χ1v) is 9.12. The lowest BCUT2D eigenvalue weighted by molar-refractivity contribution is 0.0593. The quantitative estimate of drug-likeness (QED) is 0.782. The van der Waals surface area contributed by atoms with Gasteiger partial charge in [0.05, 0.1) is 12.7 Å². The normalized spacial score (nSPS) is 15.3. The minimum Gasteiger partial charge on any atom is -0.464 e. The molecule has 0 aliphatic carbocycles. The van der Waals surface area contributed by atoms with Crippen molar-refractivity contribution in [2.75, 3.05) is 26.7 Å². The predicted molar refractivity (Wildman–Crippen MR) is 100 cm³/mol. The summed E-state index contributed by atoms with van der Waals surface area (Å²) in [6.07, 6.45) is 7.92. The molecule has 1 saturated heterocycles. The van der Waals surface area contributed by atoms with Crippen molar-refractivity contribution in [3.63, 3.8) is 0 Å². The monoisotopic (exact) mass is 368 g/mol. The Morgan fingerprint density at radius 2 is 1.93 bits per heavy atom. The molecule has 1 aliphatic heterocycles. The fraction of sp³-hybridized carbons (Fsp3) is 0.400. The Hall–Kier alpha value is -2.80. The lowest BCUT2D eigenvalue weighted by Crippen LogP contribution is -2.45. The lowest BCUT2D eigenvalue weighted by Gasteiger charge is -2.32. The molecule has 2 aromatic heterocycles. The van der Waals surface area contributed by atoms with Crippen molar-refractivity contribution in [3.05, 3.63) is 59.7 Å². The van der Waals surface area contributed by atoms with Crippen molar-refractivity contribution in [2.45, 2.75) is 25.3 Å². The number of hydrogen-bond donors (Lipinski definition) is 1. The third kappa shape index (κ3) is 5.34. The second kappa shape index (κ2) is 9.23. The summed E-state index contributed by atoms with van der Waals surface area (Å²) in [6, 6.07) is 7.36. The molecule has 27 heavy (non-hydrogen) atoms.